The van der Waals surface area contributed by atoms with Crippen molar-refractivity contribution >= 4 is 29.9 Å². The molecule has 7 heteroatoms. The Kier molecular flexibility index (Phi) is 6.80. The van der Waals surface area contributed by atoms with Crippen LogP contribution in [0, 0.1) is 0 Å². The zero-order valence-electron chi connectivity index (χ0n) is 13.0. The topological polar surface area (TPSA) is 70.7 Å². The van der Waals surface area contributed by atoms with Crippen molar-refractivity contribution in [3.05, 3.63) is 29.8 Å². The summed E-state index contributed by atoms with van der Waals surface area (Å²) in [6.07, 6.45) is -0.159. The van der Waals surface area contributed by atoms with E-state index in [1.807, 2.05) is 6.92 Å². The number of hydrogen-bond donors (Lipinski definition) is 2. The molecule has 122 valence electrons. The van der Waals surface area contributed by atoms with Crippen LogP contribution in [0.1, 0.15) is 17.3 Å². The van der Waals surface area contributed by atoms with Gasteiger partial charge < -0.3 is 20.3 Å². The fourth-order valence-electron chi connectivity index (χ4n) is 2.20. The minimum atomic E-state index is -0.359. The average Bonchev–Trinajstić information content (AvgIpc) is 2.47. The number of nitrogens with zero attached hydrogens (tertiary/aromatic N) is 1. The lowest BCUT2D eigenvalue weighted by atomic mass is 10.1. The molecule has 1 aromatic rings. The molecule has 0 saturated carbocycles. The van der Waals surface area contributed by atoms with Crippen LogP contribution in [-0.2, 0) is 9.53 Å². The van der Waals surface area contributed by atoms with Gasteiger partial charge in [0.2, 0.25) is 5.91 Å². The van der Waals surface area contributed by atoms with E-state index in [1.165, 1.54) is 4.90 Å². The largest absolute Gasteiger partial charge is 0.375 e. The lowest BCUT2D eigenvalue weighted by Crippen LogP contribution is -2.53. The number of amides is 2. The van der Waals surface area contributed by atoms with Crippen LogP contribution in [0.5, 0.6) is 0 Å². The number of carbonyl (C=O) groups is 2. The Bertz CT molecular complexity index is 519. The quantitative estimate of drug-likeness (QED) is 0.873. The molecule has 1 aliphatic rings. The van der Waals surface area contributed by atoms with Gasteiger partial charge in [-0.1, -0.05) is 0 Å². The van der Waals surface area contributed by atoms with Gasteiger partial charge in [0.25, 0.3) is 5.91 Å². The Hall–Kier alpha value is -1.63. The van der Waals surface area contributed by atoms with Crippen LogP contribution < -0.4 is 10.6 Å². The molecular weight excluding hydrogens is 306 g/mol. The van der Waals surface area contributed by atoms with E-state index >= 15 is 0 Å². The molecule has 2 atom stereocenters. The fraction of sp³-hybridized carbons (Fsp3) is 0.467. The minimum absolute atomic E-state index is 0. The van der Waals surface area contributed by atoms with Gasteiger partial charge in [-0.2, -0.15) is 0 Å². The summed E-state index contributed by atoms with van der Waals surface area (Å²) in [5.74, 6) is -0.197. The first-order chi connectivity index (χ1) is 9.99. The van der Waals surface area contributed by atoms with Crippen molar-refractivity contribution in [3.63, 3.8) is 0 Å². The lowest BCUT2D eigenvalue weighted by Gasteiger charge is -2.29. The lowest BCUT2D eigenvalue weighted by molar-refractivity contribution is -0.123. The summed E-state index contributed by atoms with van der Waals surface area (Å²) in [5, 5.41) is 5.97. The van der Waals surface area contributed by atoms with E-state index in [0.29, 0.717) is 24.4 Å². The van der Waals surface area contributed by atoms with Gasteiger partial charge in [0, 0.05) is 31.9 Å². The van der Waals surface area contributed by atoms with Crippen LogP contribution >= 0.6 is 12.4 Å². The van der Waals surface area contributed by atoms with E-state index in [4.69, 9.17) is 4.74 Å². The van der Waals surface area contributed by atoms with Crippen LogP contribution in [0.3, 0.4) is 0 Å². The molecule has 0 aliphatic carbocycles. The van der Waals surface area contributed by atoms with Crippen molar-refractivity contribution in [1.82, 2.24) is 10.2 Å². The summed E-state index contributed by atoms with van der Waals surface area (Å²) >= 11 is 0. The third-order valence-corrected chi connectivity index (χ3v) is 3.40. The number of rotatable bonds is 3. The Morgan fingerprint density at radius 3 is 2.45 bits per heavy atom. The Morgan fingerprint density at radius 2 is 1.91 bits per heavy atom. The second-order valence-electron chi connectivity index (χ2n) is 5.27. The van der Waals surface area contributed by atoms with Gasteiger partial charge in [-0.25, -0.2) is 0 Å². The predicted octanol–water partition coefficient (Wildman–Crippen LogP) is 1.13. The van der Waals surface area contributed by atoms with Crippen molar-refractivity contribution < 1.29 is 14.3 Å². The zero-order chi connectivity index (χ0) is 15.4. The van der Waals surface area contributed by atoms with Crippen molar-refractivity contribution in [2.45, 2.75) is 19.1 Å². The van der Waals surface area contributed by atoms with Gasteiger partial charge in [-0.15, -0.1) is 12.4 Å². The van der Waals surface area contributed by atoms with Crippen molar-refractivity contribution in [2.24, 2.45) is 0 Å². The summed E-state index contributed by atoms with van der Waals surface area (Å²) < 4.78 is 5.45. The molecule has 0 aromatic heterocycles. The Morgan fingerprint density at radius 1 is 1.27 bits per heavy atom. The number of ether oxygens (including phenoxy) is 1. The maximum atomic E-state index is 12.2. The number of anilines is 1. The number of hydrogen-bond acceptors (Lipinski definition) is 4. The first kappa shape index (κ1) is 18.4. The number of halogens is 1. The van der Waals surface area contributed by atoms with Crippen LogP contribution in [0.25, 0.3) is 0 Å². The molecule has 0 bridgehead atoms. The third kappa shape index (κ3) is 4.43. The molecular formula is C15H22ClN3O3. The molecule has 0 radical (unpaired) electrons. The summed E-state index contributed by atoms with van der Waals surface area (Å²) in [4.78, 5) is 25.5. The highest BCUT2D eigenvalue weighted by atomic mass is 35.5. The van der Waals surface area contributed by atoms with Crippen molar-refractivity contribution in [1.29, 1.82) is 0 Å². The minimum Gasteiger partial charge on any atom is -0.375 e. The van der Waals surface area contributed by atoms with E-state index in [9.17, 15) is 9.59 Å². The zero-order valence-corrected chi connectivity index (χ0v) is 13.8. The highest BCUT2D eigenvalue weighted by Crippen LogP contribution is 2.13. The molecule has 2 amide bonds. The molecule has 1 heterocycles. The number of benzene rings is 1. The first-order valence-corrected chi connectivity index (χ1v) is 6.96. The SMILES string of the molecule is C[C@H]1OCCN[C@@H]1C(=O)Nc1ccc(C(=O)N(C)C)cc1.Cl. The van der Waals surface area contributed by atoms with Gasteiger partial charge >= 0.3 is 0 Å². The molecule has 2 rings (SSSR count). The van der Waals surface area contributed by atoms with E-state index in [0.717, 1.165) is 0 Å². The van der Waals surface area contributed by atoms with Gasteiger partial charge in [0.1, 0.15) is 6.04 Å². The standard InChI is InChI=1S/C15H21N3O3.ClH/c1-10-13(16-8-9-21-10)14(19)17-12-6-4-11(5-7-12)15(20)18(2)3;/h4-7,10,13,16H,8-9H2,1-3H3,(H,17,19);1H/t10-,13+;/m1./s1. The van der Waals surface area contributed by atoms with Gasteiger partial charge in [0.05, 0.1) is 12.7 Å². The fourth-order valence-corrected chi connectivity index (χ4v) is 2.20. The first-order valence-electron chi connectivity index (χ1n) is 6.96. The smallest absolute Gasteiger partial charge is 0.253 e. The molecule has 2 N–H and O–H groups in total. The van der Waals surface area contributed by atoms with Crippen LogP contribution in [-0.4, -0.2) is 56.1 Å². The van der Waals surface area contributed by atoms with E-state index in [1.54, 1.807) is 38.4 Å². The highest BCUT2D eigenvalue weighted by molar-refractivity contribution is 5.97. The molecule has 6 nitrogen and oxygen atoms in total. The number of nitrogens with one attached hydrogen (secondary N) is 2. The van der Waals surface area contributed by atoms with Crippen LogP contribution in [0.4, 0.5) is 5.69 Å². The molecule has 0 unspecified atom stereocenters. The van der Waals surface area contributed by atoms with E-state index in [2.05, 4.69) is 10.6 Å². The molecule has 1 aromatic carbocycles. The summed E-state index contributed by atoms with van der Waals surface area (Å²) in [6, 6.07) is 6.49. The highest BCUT2D eigenvalue weighted by Gasteiger charge is 2.28. The monoisotopic (exact) mass is 327 g/mol. The van der Waals surface area contributed by atoms with Crippen molar-refractivity contribution in [3.8, 4) is 0 Å². The third-order valence-electron chi connectivity index (χ3n) is 3.40. The molecule has 0 spiro atoms. The molecule has 22 heavy (non-hydrogen) atoms. The normalized spacial score (nSPS) is 20.7. The van der Waals surface area contributed by atoms with Crippen LogP contribution in [0.2, 0.25) is 0 Å². The molecule has 1 fully saturated rings. The average molecular weight is 328 g/mol. The number of morpholine rings is 1. The van der Waals surface area contributed by atoms with Crippen LogP contribution in [0.15, 0.2) is 24.3 Å². The maximum absolute atomic E-state index is 12.2. The van der Waals surface area contributed by atoms with Gasteiger partial charge in [-0.3, -0.25) is 9.59 Å². The summed E-state index contributed by atoms with van der Waals surface area (Å²) in [5.41, 5.74) is 1.25. The van der Waals surface area contributed by atoms with Gasteiger partial charge in [0.15, 0.2) is 0 Å². The summed E-state index contributed by atoms with van der Waals surface area (Å²) in [6.45, 7) is 3.15. The Labute approximate surface area is 136 Å². The Balaban J connectivity index is 0.00000242. The van der Waals surface area contributed by atoms with E-state index < -0.39 is 0 Å². The maximum Gasteiger partial charge on any atom is 0.253 e. The number of carbonyl (C=O) groups excluding carboxylic acids is 2. The predicted molar refractivity (Wildman–Crippen MR) is 87.5 cm³/mol. The second kappa shape index (κ2) is 8.12. The van der Waals surface area contributed by atoms with Gasteiger partial charge in [-0.05, 0) is 31.2 Å². The molecule has 1 aliphatic heterocycles. The summed E-state index contributed by atoms with van der Waals surface area (Å²) in [7, 11) is 3.41. The molecule has 1 saturated heterocycles. The second-order valence-corrected chi connectivity index (χ2v) is 5.27. The van der Waals surface area contributed by atoms with E-state index in [-0.39, 0.29) is 36.4 Å². The van der Waals surface area contributed by atoms with Crippen molar-refractivity contribution in [2.75, 3.05) is 32.6 Å².